The third-order valence-corrected chi connectivity index (χ3v) is 14.5. The van der Waals surface area contributed by atoms with E-state index in [1.54, 1.807) is 0 Å². The third-order valence-electron chi connectivity index (χ3n) is 14.5. The van der Waals surface area contributed by atoms with E-state index in [0.29, 0.717) is 19.3 Å². The molecule has 0 aromatic heterocycles. The monoisotopic (exact) mass is 975 g/mol. The molecule has 1 atom stereocenters. The van der Waals surface area contributed by atoms with Crippen molar-refractivity contribution in [2.75, 3.05) is 13.2 Å². The molecular weight excluding hydrogens is 853 g/mol. The fraction of sp³-hybridized carbons (Fsp3) is 0.952. The summed E-state index contributed by atoms with van der Waals surface area (Å²) in [4.78, 5) is 38.3. The molecular formula is C63H122O6. The number of rotatable bonds is 57. The second kappa shape index (κ2) is 55.7. The minimum absolute atomic E-state index is 0.0620. The van der Waals surface area contributed by atoms with Gasteiger partial charge in [-0.3, -0.25) is 14.4 Å². The van der Waals surface area contributed by atoms with Gasteiger partial charge in [-0.15, -0.1) is 0 Å². The highest BCUT2D eigenvalue weighted by Crippen LogP contribution is 2.19. The summed E-state index contributed by atoms with van der Waals surface area (Å²) >= 11 is 0. The third kappa shape index (κ3) is 57.2. The highest BCUT2D eigenvalue weighted by molar-refractivity contribution is 5.71. The van der Waals surface area contributed by atoms with Gasteiger partial charge >= 0.3 is 17.9 Å². The van der Waals surface area contributed by atoms with Crippen molar-refractivity contribution in [2.45, 2.75) is 362 Å². The molecule has 0 amide bonds. The zero-order valence-corrected chi connectivity index (χ0v) is 47.5. The Labute approximate surface area is 431 Å². The van der Waals surface area contributed by atoms with Gasteiger partial charge in [-0.05, 0) is 31.1 Å². The van der Waals surface area contributed by atoms with Gasteiger partial charge in [0.1, 0.15) is 13.2 Å². The fourth-order valence-electron chi connectivity index (χ4n) is 9.76. The molecule has 0 aliphatic heterocycles. The summed E-state index contributed by atoms with van der Waals surface area (Å²) in [6.45, 7) is 11.4. The van der Waals surface area contributed by atoms with Crippen LogP contribution in [-0.2, 0) is 28.6 Å². The number of hydrogen-bond acceptors (Lipinski definition) is 6. The summed E-state index contributed by atoms with van der Waals surface area (Å²) in [6.07, 6.45) is 61.0. The van der Waals surface area contributed by atoms with Crippen LogP contribution in [0.3, 0.4) is 0 Å². The molecule has 0 radical (unpaired) electrons. The minimum Gasteiger partial charge on any atom is -0.462 e. The van der Waals surface area contributed by atoms with E-state index < -0.39 is 6.10 Å². The number of carbonyl (C=O) groups is 3. The van der Waals surface area contributed by atoms with Crippen LogP contribution in [0.2, 0.25) is 0 Å². The lowest BCUT2D eigenvalue weighted by Gasteiger charge is -2.18. The van der Waals surface area contributed by atoms with Crippen molar-refractivity contribution >= 4 is 17.9 Å². The quantitative estimate of drug-likeness (QED) is 0.0343. The van der Waals surface area contributed by atoms with Gasteiger partial charge in [-0.1, -0.05) is 317 Å². The van der Waals surface area contributed by atoms with Gasteiger partial charge in [0.2, 0.25) is 0 Å². The maximum atomic E-state index is 12.9. The molecule has 0 aromatic rings. The lowest BCUT2D eigenvalue weighted by Crippen LogP contribution is -2.30. The number of hydrogen-bond donors (Lipinski definition) is 0. The number of esters is 3. The van der Waals surface area contributed by atoms with E-state index >= 15 is 0 Å². The molecule has 0 spiro atoms. The topological polar surface area (TPSA) is 78.9 Å². The first-order chi connectivity index (χ1) is 33.7. The predicted molar refractivity (Wildman–Crippen MR) is 298 cm³/mol. The normalized spacial score (nSPS) is 12.0. The summed E-state index contributed by atoms with van der Waals surface area (Å²) in [5, 5.41) is 0. The summed E-state index contributed by atoms with van der Waals surface area (Å²) in [5.74, 6) is 0.859. The van der Waals surface area contributed by atoms with Crippen molar-refractivity contribution < 1.29 is 28.6 Å². The summed E-state index contributed by atoms with van der Waals surface area (Å²) in [7, 11) is 0. The molecule has 0 fully saturated rings. The van der Waals surface area contributed by atoms with E-state index in [1.807, 2.05) is 0 Å². The second-order valence-electron chi connectivity index (χ2n) is 22.6. The minimum atomic E-state index is -0.763. The molecule has 0 unspecified atom stereocenters. The highest BCUT2D eigenvalue weighted by atomic mass is 16.6. The van der Waals surface area contributed by atoms with E-state index in [4.69, 9.17) is 14.2 Å². The Kier molecular flexibility index (Phi) is 54.4. The second-order valence-corrected chi connectivity index (χ2v) is 22.6. The van der Waals surface area contributed by atoms with Crippen LogP contribution in [0, 0.1) is 11.8 Å². The van der Waals surface area contributed by atoms with Gasteiger partial charge in [-0.25, -0.2) is 0 Å². The van der Waals surface area contributed by atoms with Crippen LogP contribution in [-0.4, -0.2) is 37.2 Å². The Hall–Kier alpha value is -1.59. The predicted octanol–water partition coefficient (Wildman–Crippen LogP) is 20.8. The first kappa shape index (κ1) is 67.4. The first-order valence-corrected chi connectivity index (χ1v) is 31.2. The zero-order chi connectivity index (χ0) is 50.4. The zero-order valence-electron chi connectivity index (χ0n) is 47.5. The SMILES string of the molecule is CCCCCCCCCCCCCCCCCC(=O)OC[C@H](COC(=O)CCCCCCCCCCCCCCC(C)C)OC(=O)CCCCCCCCCCCCCCCCCCCCC(C)C. The van der Waals surface area contributed by atoms with E-state index in [0.717, 1.165) is 69.6 Å². The van der Waals surface area contributed by atoms with Crippen molar-refractivity contribution in [3.8, 4) is 0 Å². The Morgan fingerprint density at radius 2 is 0.478 bits per heavy atom. The van der Waals surface area contributed by atoms with Crippen LogP contribution in [0.25, 0.3) is 0 Å². The number of carbonyl (C=O) groups excluding carboxylic acids is 3. The van der Waals surface area contributed by atoms with Gasteiger partial charge < -0.3 is 14.2 Å². The Morgan fingerprint density at radius 3 is 0.710 bits per heavy atom. The van der Waals surface area contributed by atoms with Crippen LogP contribution >= 0.6 is 0 Å². The molecule has 6 heteroatoms. The van der Waals surface area contributed by atoms with Gasteiger partial charge in [0.05, 0.1) is 0 Å². The summed E-state index contributed by atoms with van der Waals surface area (Å²) in [5.41, 5.74) is 0. The molecule has 0 aromatic carbocycles. The van der Waals surface area contributed by atoms with Crippen LogP contribution in [0.15, 0.2) is 0 Å². The van der Waals surface area contributed by atoms with Crippen molar-refractivity contribution in [1.29, 1.82) is 0 Å². The van der Waals surface area contributed by atoms with Crippen LogP contribution < -0.4 is 0 Å². The highest BCUT2D eigenvalue weighted by Gasteiger charge is 2.19. The summed E-state index contributed by atoms with van der Waals surface area (Å²) in [6, 6.07) is 0. The molecule has 0 saturated heterocycles. The molecule has 0 rings (SSSR count). The fourth-order valence-corrected chi connectivity index (χ4v) is 9.76. The van der Waals surface area contributed by atoms with Crippen molar-refractivity contribution in [2.24, 2.45) is 11.8 Å². The van der Waals surface area contributed by atoms with Gasteiger partial charge in [0.25, 0.3) is 0 Å². The van der Waals surface area contributed by atoms with Crippen LogP contribution in [0.5, 0.6) is 0 Å². The Balaban J connectivity index is 4.27. The molecule has 0 aliphatic carbocycles. The Bertz CT molecular complexity index is 1060. The largest absolute Gasteiger partial charge is 0.462 e. The van der Waals surface area contributed by atoms with Gasteiger partial charge in [-0.2, -0.15) is 0 Å². The Morgan fingerprint density at radius 1 is 0.275 bits per heavy atom. The van der Waals surface area contributed by atoms with Crippen LogP contribution in [0.4, 0.5) is 0 Å². The average Bonchev–Trinajstić information content (AvgIpc) is 3.32. The van der Waals surface area contributed by atoms with Crippen molar-refractivity contribution in [3.63, 3.8) is 0 Å². The molecule has 0 aliphatic rings. The standard InChI is InChI=1S/C63H122O6/c1-6-7-8-9-10-11-12-13-18-22-28-33-38-43-48-53-61(64)67-56-60(57-68-62(65)54-49-44-39-34-29-25-24-27-32-37-42-47-52-59(4)5)69-63(66)55-50-45-40-35-30-23-20-17-15-14-16-19-21-26-31-36-41-46-51-58(2)3/h58-60H,6-57H2,1-5H3/t60-/m1/s1. The van der Waals surface area contributed by atoms with Crippen molar-refractivity contribution in [1.82, 2.24) is 0 Å². The molecule has 0 heterocycles. The van der Waals surface area contributed by atoms with Crippen LogP contribution in [0.1, 0.15) is 356 Å². The van der Waals surface area contributed by atoms with E-state index in [-0.39, 0.29) is 31.1 Å². The van der Waals surface area contributed by atoms with E-state index in [2.05, 4.69) is 34.6 Å². The average molecular weight is 976 g/mol. The maximum Gasteiger partial charge on any atom is 0.306 e. The van der Waals surface area contributed by atoms with E-state index in [1.165, 1.54) is 244 Å². The molecule has 69 heavy (non-hydrogen) atoms. The molecule has 0 bridgehead atoms. The van der Waals surface area contributed by atoms with Gasteiger partial charge in [0, 0.05) is 19.3 Å². The lowest BCUT2D eigenvalue weighted by atomic mass is 10.0. The summed E-state index contributed by atoms with van der Waals surface area (Å²) < 4.78 is 16.9. The molecule has 0 N–H and O–H groups in total. The molecule has 6 nitrogen and oxygen atoms in total. The maximum absolute atomic E-state index is 12.9. The molecule has 410 valence electrons. The smallest absolute Gasteiger partial charge is 0.306 e. The number of ether oxygens (including phenoxy) is 3. The van der Waals surface area contributed by atoms with E-state index in [9.17, 15) is 14.4 Å². The first-order valence-electron chi connectivity index (χ1n) is 31.2. The molecule has 0 saturated carbocycles. The van der Waals surface area contributed by atoms with Crippen molar-refractivity contribution in [3.05, 3.63) is 0 Å². The lowest BCUT2D eigenvalue weighted by molar-refractivity contribution is -0.167. The number of unbranched alkanes of at least 4 members (excludes halogenated alkanes) is 42. The van der Waals surface area contributed by atoms with Gasteiger partial charge in [0.15, 0.2) is 6.10 Å².